The molecule has 1 N–H and O–H groups in total. The van der Waals surface area contributed by atoms with Crippen LogP contribution in [-0.2, 0) is 16.0 Å². The first-order valence-corrected chi connectivity index (χ1v) is 9.03. The Hall–Kier alpha value is -0.460. The molecule has 1 saturated heterocycles. The second-order valence-corrected chi connectivity index (χ2v) is 7.73. The first-order valence-electron chi connectivity index (χ1n) is 8.21. The van der Waals surface area contributed by atoms with Crippen molar-refractivity contribution < 1.29 is 14.6 Å². The molecule has 0 bridgehead atoms. The maximum absolute atomic E-state index is 10.2. The van der Waals surface area contributed by atoms with Crippen LogP contribution >= 0.6 is 11.3 Å². The van der Waals surface area contributed by atoms with Gasteiger partial charge in [-0.25, -0.2) is 0 Å². The van der Waals surface area contributed by atoms with Crippen molar-refractivity contribution in [3.8, 4) is 0 Å². The second-order valence-electron chi connectivity index (χ2n) is 6.36. The molecule has 2 heterocycles. The molecule has 0 aromatic carbocycles. The van der Waals surface area contributed by atoms with E-state index in [0.29, 0.717) is 25.8 Å². The molecule has 4 nitrogen and oxygen atoms in total. The summed E-state index contributed by atoms with van der Waals surface area (Å²) in [6.45, 7) is 9.81. The van der Waals surface area contributed by atoms with E-state index in [2.05, 4.69) is 37.8 Å². The Morgan fingerprint density at radius 1 is 1.45 bits per heavy atom. The molecule has 0 radical (unpaired) electrons. The van der Waals surface area contributed by atoms with E-state index in [9.17, 15) is 5.11 Å². The number of thiophene rings is 1. The van der Waals surface area contributed by atoms with Crippen LogP contribution in [0.15, 0.2) is 12.1 Å². The van der Waals surface area contributed by atoms with E-state index in [4.69, 9.17) is 9.47 Å². The molecule has 0 amide bonds. The highest BCUT2D eigenvalue weighted by molar-refractivity contribution is 7.11. The highest BCUT2D eigenvalue weighted by Gasteiger charge is 2.18. The van der Waals surface area contributed by atoms with Crippen molar-refractivity contribution in [2.45, 2.75) is 58.4 Å². The van der Waals surface area contributed by atoms with Gasteiger partial charge in [-0.3, -0.25) is 4.90 Å². The topological polar surface area (TPSA) is 41.9 Å². The van der Waals surface area contributed by atoms with Crippen molar-refractivity contribution in [1.82, 2.24) is 4.90 Å². The van der Waals surface area contributed by atoms with E-state index >= 15 is 0 Å². The normalized spacial score (nSPS) is 20.2. The average Bonchev–Trinajstić information content (AvgIpc) is 3.10. The summed E-state index contributed by atoms with van der Waals surface area (Å²) in [7, 11) is 0. The number of hydrogen-bond acceptors (Lipinski definition) is 5. The Labute approximate surface area is 138 Å². The molecule has 0 saturated carbocycles. The molecule has 1 aromatic heterocycles. The lowest BCUT2D eigenvalue weighted by Crippen LogP contribution is -2.39. The van der Waals surface area contributed by atoms with Crippen molar-refractivity contribution in [3.05, 3.63) is 21.9 Å². The van der Waals surface area contributed by atoms with Gasteiger partial charge >= 0.3 is 0 Å². The molecular weight excluding hydrogens is 298 g/mol. The van der Waals surface area contributed by atoms with E-state index in [1.807, 2.05) is 11.3 Å². The summed E-state index contributed by atoms with van der Waals surface area (Å²) < 4.78 is 11.1. The molecule has 1 aliphatic heterocycles. The third-order valence-corrected chi connectivity index (χ3v) is 4.95. The van der Waals surface area contributed by atoms with Gasteiger partial charge in [-0.2, -0.15) is 0 Å². The van der Waals surface area contributed by atoms with Gasteiger partial charge in [-0.1, -0.05) is 0 Å². The van der Waals surface area contributed by atoms with Crippen LogP contribution in [0.1, 0.15) is 36.4 Å². The fraction of sp³-hybridized carbons (Fsp3) is 0.765. The third-order valence-electron chi connectivity index (χ3n) is 3.97. The molecule has 0 aliphatic carbocycles. The third kappa shape index (κ3) is 5.97. The van der Waals surface area contributed by atoms with Crippen LogP contribution in [0.4, 0.5) is 0 Å². The van der Waals surface area contributed by atoms with E-state index in [1.165, 1.54) is 9.75 Å². The number of rotatable bonds is 9. The van der Waals surface area contributed by atoms with E-state index in [0.717, 1.165) is 26.0 Å². The maximum atomic E-state index is 10.2. The average molecular weight is 327 g/mol. The number of aliphatic hydroxyl groups excluding tert-OH is 1. The minimum Gasteiger partial charge on any atom is -0.389 e. The van der Waals surface area contributed by atoms with Crippen molar-refractivity contribution in [2.24, 2.45) is 0 Å². The zero-order valence-electron chi connectivity index (χ0n) is 14.0. The lowest BCUT2D eigenvalue weighted by molar-refractivity contribution is -0.0282. The standard InChI is InChI=1S/C17H29NO3S/c1-13(2)18(10-17-7-6-14(3)22-17)9-15(19)11-20-12-16-5-4-8-21-16/h6-7,13,15-16,19H,4-5,8-12H2,1-3H3. The van der Waals surface area contributed by atoms with Gasteiger partial charge in [-0.15, -0.1) is 11.3 Å². The largest absolute Gasteiger partial charge is 0.389 e. The van der Waals surface area contributed by atoms with Crippen molar-refractivity contribution in [3.63, 3.8) is 0 Å². The highest BCUT2D eigenvalue weighted by Crippen LogP contribution is 2.18. The lowest BCUT2D eigenvalue weighted by Gasteiger charge is -2.28. The Morgan fingerprint density at radius 3 is 2.86 bits per heavy atom. The van der Waals surface area contributed by atoms with E-state index in [1.54, 1.807) is 0 Å². The summed E-state index contributed by atoms with van der Waals surface area (Å²) >= 11 is 1.82. The highest BCUT2D eigenvalue weighted by atomic mass is 32.1. The molecular formula is C17H29NO3S. The number of aliphatic hydroxyl groups is 1. The minimum absolute atomic E-state index is 0.225. The Morgan fingerprint density at radius 2 is 2.27 bits per heavy atom. The maximum Gasteiger partial charge on any atom is 0.0900 e. The van der Waals surface area contributed by atoms with Crippen LogP contribution in [-0.4, -0.2) is 54.6 Å². The van der Waals surface area contributed by atoms with Gasteiger partial charge in [0, 0.05) is 35.5 Å². The summed E-state index contributed by atoms with van der Waals surface area (Å²) in [5, 5.41) is 10.2. The smallest absolute Gasteiger partial charge is 0.0900 e. The van der Waals surface area contributed by atoms with Gasteiger partial charge in [0.15, 0.2) is 0 Å². The zero-order valence-corrected chi connectivity index (χ0v) is 14.8. The number of hydrogen-bond donors (Lipinski definition) is 1. The molecule has 1 fully saturated rings. The molecule has 2 unspecified atom stereocenters. The van der Waals surface area contributed by atoms with Crippen LogP contribution in [0.3, 0.4) is 0 Å². The van der Waals surface area contributed by atoms with Crippen molar-refractivity contribution in [1.29, 1.82) is 0 Å². The minimum atomic E-state index is -0.454. The summed E-state index contributed by atoms with van der Waals surface area (Å²) in [6.07, 6.45) is 1.97. The van der Waals surface area contributed by atoms with Gasteiger partial charge in [0.25, 0.3) is 0 Å². The predicted octanol–water partition coefficient (Wildman–Crippen LogP) is 2.82. The van der Waals surface area contributed by atoms with E-state index in [-0.39, 0.29) is 6.10 Å². The van der Waals surface area contributed by atoms with Crippen molar-refractivity contribution >= 4 is 11.3 Å². The Kier molecular flexibility index (Phi) is 7.31. The summed E-state index contributed by atoms with van der Waals surface area (Å²) in [4.78, 5) is 4.98. The van der Waals surface area contributed by atoms with Crippen LogP contribution in [0.2, 0.25) is 0 Å². The number of aryl methyl sites for hydroxylation is 1. The molecule has 22 heavy (non-hydrogen) atoms. The van der Waals surface area contributed by atoms with Crippen LogP contribution < -0.4 is 0 Å². The van der Waals surface area contributed by atoms with Gasteiger partial charge in [0.1, 0.15) is 0 Å². The Balaban J connectivity index is 1.72. The Bertz CT molecular complexity index is 429. The first kappa shape index (κ1) is 17.9. The van der Waals surface area contributed by atoms with Crippen molar-refractivity contribution in [2.75, 3.05) is 26.4 Å². The van der Waals surface area contributed by atoms with Gasteiger partial charge in [-0.05, 0) is 45.7 Å². The molecule has 2 rings (SSSR count). The number of ether oxygens (including phenoxy) is 2. The van der Waals surface area contributed by atoms with Crippen LogP contribution in [0.25, 0.3) is 0 Å². The number of nitrogens with zero attached hydrogens (tertiary/aromatic N) is 1. The zero-order chi connectivity index (χ0) is 15.9. The van der Waals surface area contributed by atoms with Gasteiger partial charge in [0.05, 0.1) is 25.4 Å². The summed E-state index contributed by atoms with van der Waals surface area (Å²) in [5.74, 6) is 0. The molecule has 0 spiro atoms. The molecule has 2 atom stereocenters. The fourth-order valence-corrected chi connectivity index (χ4v) is 3.58. The second kappa shape index (κ2) is 8.99. The van der Waals surface area contributed by atoms with Crippen LogP contribution in [0, 0.1) is 6.92 Å². The fourth-order valence-electron chi connectivity index (χ4n) is 2.66. The van der Waals surface area contributed by atoms with Crippen LogP contribution in [0.5, 0.6) is 0 Å². The predicted molar refractivity (Wildman–Crippen MR) is 90.4 cm³/mol. The first-order chi connectivity index (χ1) is 10.5. The monoisotopic (exact) mass is 327 g/mol. The quantitative estimate of drug-likeness (QED) is 0.757. The molecule has 1 aromatic rings. The van der Waals surface area contributed by atoms with Gasteiger partial charge in [0.2, 0.25) is 0 Å². The summed E-state index contributed by atoms with van der Waals surface area (Å²) in [6, 6.07) is 4.73. The molecule has 5 heteroatoms. The van der Waals surface area contributed by atoms with Gasteiger partial charge < -0.3 is 14.6 Å². The SMILES string of the molecule is Cc1ccc(CN(CC(O)COCC2CCCO2)C(C)C)s1. The van der Waals surface area contributed by atoms with E-state index < -0.39 is 6.10 Å². The molecule has 1 aliphatic rings. The lowest BCUT2D eigenvalue weighted by atomic mass is 10.2. The summed E-state index contributed by atoms with van der Waals surface area (Å²) in [5.41, 5.74) is 0. The molecule has 126 valence electrons.